The van der Waals surface area contributed by atoms with Gasteiger partial charge in [0.1, 0.15) is 5.82 Å². The first kappa shape index (κ1) is 11.5. The van der Waals surface area contributed by atoms with E-state index in [4.69, 9.17) is 0 Å². The molecule has 0 saturated heterocycles. The average molecular weight is 245 g/mol. The Hall–Kier alpha value is -1.95. The van der Waals surface area contributed by atoms with Crippen molar-refractivity contribution < 1.29 is 0 Å². The van der Waals surface area contributed by atoms with Gasteiger partial charge >= 0.3 is 0 Å². The number of aliphatic imine (C=N–C) groups is 1. The minimum Gasteiger partial charge on any atom is -0.265 e. The monoisotopic (exact) mass is 245 g/mol. The smallest absolute Gasteiger partial charge is 0.249 e. The van der Waals surface area contributed by atoms with Crippen LogP contribution in [0.4, 0.5) is 16.5 Å². The molecule has 6 heteroatoms. The van der Waals surface area contributed by atoms with E-state index in [0.29, 0.717) is 11.0 Å². The lowest BCUT2D eigenvalue weighted by atomic mass is 10.2. The first-order valence-electron chi connectivity index (χ1n) is 4.98. The summed E-state index contributed by atoms with van der Waals surface area (Å²) in [4.78, 5) is 7.96. The molecule has 0 spiro atoms. The third-order valence-corrected chi connectivity index (χ3v) is 2.81. The van der Waals surface area contributed by atoms with Gasteiger partial charge < -0.3 is 0 Å². The molecule has 0 atom stereocenters. The summed E-state index contributed by atoms with van der Waals surface area (Å²) in [7, 11) is 0. The van der Waals surface area contributed by atoms with Crippen molar-refractivity contribution in [2.75, 3.05) is 0 Å². The summed E-state index contributed by atoms with van der Waals surface area (Å²) in [6, 6.07) is 5.61. The molecule has 0 saturated carbocycles. The van der Waals surface area contributed by atoms with Gasteiger partial charge in [-0.15, -0.1) is 10.2 Å². The molecule has 1 aromatic carbocycles. The minimum absolute atomic E-state index is 0.563. The Morgan fingerprint density at radius 1 is 1.24 bits per heavy atom. The molecular weight excluding hydrogens is 234 g/mol. The number of hydrogen-bond acceptors (Lipinski definition) is 6. The Labute approximate surface area is 103 Å². The van der Waals surface area contributed by atoms with E-state index in [0.717, 1.165) is 16.9 Å². The number of aromatic nitrogens is 2. The molecular formula is C11H11N5S. The number of hydrogen-bond donors (Lipinski definition) is 0. The Morgan fingerprint density at radius 3 is 2.65 bits per heavy atom. The highest BCUT2D eigenvalue weighted by Crippen LogP contribution is 2.26. The van der Waals surface area contributed by atoms with Crippen LogP contribution in [0, 0.1) is 13.8 Å². The lowest BCUT2D eigenvalue weighted by Gasteiger charge is -1.99. The van der Waals surface area contributed by atoms with E-state index in [2.05, 4.69) is 31.3 Å². The fourth-order valence-electron chi connectivity index (χ4n) is 1.27. The standard InChI is InChI=1S/C11H11N5S/c1-7-6-9(12-3)4-5-10(7)14-15-11-13-8(2)16-17-11/h4-6H,3H2,1-2H3. The number of azo groups is 1. The van der Waals surface area contributed by atoms with Crippen LogP contribution in [0.2, 0.25) is 0 Å². The third-order valence-electron chi connectivity index (χ3n) is 2.12. The SMILES string of the molecule is C=Nc1ccc(N=Nc2nc(C)ns2)c(C)c1. The zero-order valence-corrected chi connectivity index (χ0v) is 10.4. The van der Waals surface area contributed by atoms with Crippen LogP contribution in [0.5, 0.6) is 0 Å². The van der Waals surface area contributed by atoms with Crippen LogP contribution in [-0.4, -0.2) is 16.1 Å². The number of benzene rings is 1. The van der Waals surface area contributed by atoms with E-state index in [-0.39, 0.29) is 0 Å². The maximum Gasteiger partial charge on any atom is 0.249 e. The summed E-state index contributed by atoms with van der Waals surface area (Å²) in [6.07, 6.45) is 0. The molecule has 5 nitrogen and oxygen atoms in total. The van der Waals surface area contributed by atoms with E-state index in [1.54, 1.807) is 0 Å². The predicted octanol–water partition coefficient (Wildman–Crippen LogP) is 3.90. The fraction of sp³-hybridized carbons (Fsp3) is 0.182. The lowest BCUT2D eigenvalue weighted by molar-refractivity contribution is 1.12. The Bertz CT molecular complexity index is 573. The van der Waals surface area contributed by atoms with Gasteiger partial charge in [-0.25, -0.2) is 4.98 Å². The second-order valence-electron chi connectivity index (χ2n) is 3.45. The van der Waals surface area contributed by atoms with Crippen molar-refractivity contribution in [1.29, 1.82) is 0 Å². The van der Waals surface area contributed by atoms with Gasteiger partial charge in [0.25, 0.3) is 0 Å². The van der Waals surface area contributed by atoms with Crippen molar-refractivity contribution in [3.05, 3.63) is 29.6 Å². The van der Waals surface area contributed by atoms with E-state index in [1.807, 2.05) is 32.0 Å². The molecule has 17 heavy (non-hydrogen) atoms. The molecule has 0 bridgehead atoms. The maximum absolute atomic E-state index is 4.14. The van der Waals surface area contributed by atoms with Crippen LogP contribution in [-0.2, 0) is 0 Å². The number of rotatable bonds is 3. The van der Waals surface area contributed by atoms with Crippen molar-refractivity contribution in [3.63, 3.8) is 0 Å². The van der Waals surface area contributed by atoms with Crippen LogP contribution >= 0.6 is 11.5 Å². The van der Waals surface area contributed by atoms with Gasteiger partial charge in [0.05, 0.1) is 11.4 Å². The highest BCUT2D eigenvalue weighted by molar-refractivity contribution is 7.09. The molecule has 0 aliphatic carbocycles. The summed E-state index contributed by atoms with van der Waals surface area (Å²) in [5.41, 5.74) is 2.62. The normalized spacial score (nSPS) is 10.9. The van der Waals surface area contributed by atoms with Crippen molar-refractivity contribution in [2.45, 2.75) is 13.8 Å². The quantitative estimate of drug-likeness (QED) is 0.608. The van der Waals surface area contributed by atoms with E-state index < -0.39 is 0 Å². The molecule has 1 aromatic heterocycles. The second kappa shape index (κ2) is 4.92. The molecule has 0 fully saturated rings. The summed E-state index contributed by atoms with van der Waals surface area (Å²) in [6.45, 7) is 7.25. The molecule has 0 aliphatic heterocycles. The minimum atomic E-state index is 0.563. The molecule has 1 heterocycles. The molecule has 0 radical (unpaired) electrons. The summed E-state index contributed by atoms with van der Waals surface area (Å²) >= 11 is 1.23. The maximum atomic E-state index is 4.14. The van der Waals surface area contributed by atoms with Gasteiger partial charge in [0, 0.05) is 11.5 Å². The molecule has 2 aromatic rings. The van der Waals surface area contributed by atoms with Crippen LogP contribution in [0.3, 0.4) is 0 Å². The Balaban J connectivity index is 2.24. The Morgan fingerprint density at radius 2 is 2.06 bits per heavy atom. The van der Waals surface area contributed by atoms with E-state index >= 15 is 0 Å². The number of nitrogens with zero attached hydrogens (tertiary/aromatic N) is 5. The molecule has 86 valence electrons. The van der Waals surface area contributed by atoms with Gasteiger partial charge in [0.2, 0.25) is 5.13 Å². The highest BCUT2D eigenvalue weighted by Gasteiger charge is 2.00. The second-order valence-corrected chi connectivity index (χ2v) is 4.18. The summed E-state index contributed by atoms with van der Waals surface area (Å²) < 4.78 is 4.03. The van der Waals surface area contributed by atoms with E-state index in [1.165, 1.54) is 11.5 Å². The van der Waals surface area contributed by atoms with Gasteiger partial charge in [-0.3, -0.25) is 4.99 Å². The van der Waals surface area contributed by atoms with E-state index in [9.17, 15) is 0 Å². The van der Waals surface area contributed by atoms with Gasteiger partial charge in [0.15, 0.2) is 0 Å². The van der Waals surface area contributed by atoms with Crippen molar-refractivity contribution in [3.8, 4) is 0 Å². The lowest BCUT2D eigenvalue weighted by Crippen LogP contribution is -1.73. The third kappa shape index (κ3) is 2.79. The van der Waals surface area contributed by atoms with Gasteiger partial charge in [-0.2, -0.15) is 4.37 Å². The largest absolute Gasteiger partial charge is 0.265 e. The van der Waals surface area contributed by atoms with Crippen LogP contribution in [0.15, 0.2) is 33.4 Å². The first-order valence-corrected chi connectivity index (χ1v) is 5.76. The van der Waals surface area contributed by atoms with Crippen LogP contribution in [0.1, 0.15) is 11.4 Å². The highest BCUT2D eigenvalue weighted by atomic mass is 32.1. The molecule has 2 rings (SSSR count). The van der Waals surface area contributed by atoms with Crippen molar-refractivity contribution in [1.82, 2.24) is 9.36 Å². The Kier molecular flexibility index (Phi) is 3.34. The zero-order chi connectivity index (χ0) is 12.3. The van der Waals surface area contributed by atoms with Crippen molar-refractivity contribution in [2.24, 2.45) is 15.2 Å². The molecule has 0 aliphatic rings. The van der Waals surface area contributed by atoms with Crippen LogP contribution in [0.25, 0.3) is 0 Å². The molecule has 0 amide bonds. The molecule has 0 N–H and O–H groups in total. The first-order chi connectivity index (χ1) is 8.19. The predicted molar refractivity (Wildman–Crippen MR) is 69.2 cm³/mol. The summed E-state index contributed by atoms with van der Waals surface area (Å²) in [5.74, 6) is 0.715. The molecule has 0 unspecified atom stereocenters. The fourth-order valence-corrected chi connectivity index (χ4v) is 1.78. The zero-order valence-electron chi connectivity index (χ0n) is 9.58. The average Bonchev–Trinajstić information content (AvgIpc) is 2.73. The summed E-state index contributed by atoms with van der Waals surface area (Å²) in [5, 5.41) is 8.74. The van der Waals surface area contributed by atoms with Gasteiger partial charge in [-0.1, -0.05) is 0 Å². The van der Waals surface area contributed by atoms with Crippen LogP contribution < -0.4 is 0 Å². The van der Waals surface area contributed by atoms with Crippen molar-refractivity contribution >= 4 is 34.8 Å². The topological polar surface area (TPSA) is 62.9 Å². The number of aryl methyl sites for hydroxylation is 2. The van der Waals surface area contributed by atoms with Gasteiger partial charge in [-0.05, 0) is 44.3 Å².